The van der Waals surface area contributed by atoms with Gasteiger partial charge in [-0.25, -0.2) is 0 Å². The third kappa shape index (κ3) is 2.39. The maximum atomic E-state index is 8.94. The zero-order valence-electron chi connectivity index (χ0n) is 9.03. The van der Waals surface area contributed by atoms with E-state index in [9.17, 15) is 0 Å². The molecule has 4 heteroatoms. The van der Waals surface area contributed by atoms with E-state index in [1.807, 2.05) is 0 Å². The molecule has 0 bridgehead atoms. The topological polar surface area (TPSA) is 51.5 Å². The number of methoxy groups -OCH3 is 3. The number of benzene rings is 1. The van der Waals surface area contributed by atoms with E-state index in [4.69, 9.17) is 19.5 Å². The van der Waals surface area contributed by atoms with Crippen LogP contribution >= 0.6 is 0 Å². The molecule has 0 aliphatic rings. The second-order valence-electron chi connectivity index (χ2n) is 2.91. The highest BCUT2D eigenvalue weighted by Gasteiger charge is 2.11. The second kappa shape index (κ2) is 5.23. The van der Waals surface area contributed by atoms with Gasteiger partial charge in [-0.2, -0.15) is 5.26 Å². The molecule has 0 aliphatic heterocycles. The molecule has 15 heavy (non-hydrogen) atoms. The van der Waals surface area contributed by atoms with Crippen molar-refractivity contribution in [2.24, 2.45) is 0 Å². The van der Waals surface area contributed by atoms with Gasteiger partial charge in [0, 0.05) is 18.7 Å². The molecule has 0 heterocycles. The Hall–Kier alpha value is -1.73. The predicted molar refractivity (Wildman–Crippen MR) is 55.0 cm³/mol. The molecule has 0 unspecified atom stereocenters. The Morgan fingerprint density at radius 2 is 1.93 bits per heavy atom. The first-order chi connectivity index (χ1) is 7.26. The lowest BCUT2D eigenvalue weighted by Crippen LogP contribution is -1.98. The second-order valence-corrected chi connectivity index (χ2v) is 2.91. The predicted octanol–water partition coefficient (Wildman–Crippen LogP) is 1.72. The molecule has 1 aromatic carbocycles. The molecular formula is C11H13NO3. The summed E-state index contributed by atoms with van der Waals surface area (Å²) in [6, 6.07) is 5.49. The summed E-state index contributed by atoms with van der Waals surface area (Å²) >= 11 is 0. The summed E-state index contributed by atoms with van der Waals surface area (Å²) in [5.41, 5.74) is 1.25. The molecule has 0 fully saturated rings. The van der Waals surface area contributed by atoms with Crippen molar-refractivity contribution in [3.63, 3.8) is 0 Å². The molecule has 0 saturated heterocycles. The summed E-state index contributed by atoms with van der Waals surface area (Å²) in [6.45, 7) is 0.384. The maximum absolute atomic E-state index is 8.94. The Bertz CT molecular complexity index is 382. The fourth-order valence-electron chi connectivity index (χ4n) is 1.36. The first kappa shape index (κ1) is 11.3. The summed E-state index contributed by atoms with van der Waals surface area (Å²) in [5, 5.41) is 8.94. The van der Waals surface area contributed by atoms with Crippen LogP contribution in [0.5, 0.6) is 11.5 Å². The summed E-state index contributed by atoms with van der Waals surface area (Å²) in [4.78, 5) is 0. The van der Waals surface area contributed by atoms with Crippen LogP contribution in [-0.2, 0) is 11.3 Å². The van der Waals surface area contributed by atoms with Gasteiger partial charge in [-0.3, -0.25) is 0 Å². The molecule has 0 amide bonds. The van der Waals surface area contributed by atoms with Crippen molar-refractivity contribution in [3.05, 3.63) is 23.3 Å². The lowest BCUT2D eigenvalue weighted by atomic mass is 10.1. The SMILES string of the molecule is COCc1cc(OC)cc(C#N)c1OC. The first-order valence-electron chi connectivity index (χ1n) is 4.40. The van der Waals surface area contributed by atoms with Crippen molar-refractivity contribution < 1.29 is 14.2 Å². The van der Waals surface area contributed by atoms with Crippen molar-refractivity contribution in [1.82, 2.24) is 0 Å². The minimum Gasteiger partial charge on any atom is -0.497 e. The van der Waals surface area contributed by atoms with Gasteiger partial charge in [-0.15, -0.1) is 0 Å². The Kier molecular flexibility index (Phi) is 3.95. The molecule has 0 aliphatic carbocycles. The molecule has 0 aromatic heterocycles. The van der Waals surface area contributed by atoms with Gasteiger partial charge < -0.3 is 14.2 Å². The Balaban J connectivity index is 3.27. The lowest BCUT2D eigenvalue weighted by Gasteiger charge is -2.11. The van der Waals surface area contributed by atoms with Gasteiger partial charge >= 0.3 is 0 Å². The van der Waals surface area contributed by atoms with Crippen molar-refractivity contribution >= 4 is 0 Å². The normalized spacial score (nSPS) is 9.47. The number of hydrogen-bond donors (Lipinski definition) is 0. The molecule has 4 nitrogen and oxygen atoms in total. The largest absolute Gasteiger partial charge is 0.497 e. The highest BCUT2D eigenvalue weighted by Crippen LogP contribution is 2.29. The van der Waals surface area contributed by atoms with E-state index in [1.54, 1.807) is 26.4 Å². The van der Waals surface area contributed by atoms with E-state index in [1.165, 1.54) is 7.11 Å². The van der Waals surface area contributed by atoms with Crippen LogP contribution in [0.15, 0.2) is 12.1 Å². The smallest absolute Gasteiger partial charge is 0.142 e. The van der Waals surface area contributed by atoms with Crippen LogP contribution < -0.4 is 9.47 Å². The van der Waals surface area contributed by atoms with Crippen LogP contribution in [-0.4, -0.2) is 21.3 Å². The van der Waals surface area contributed by atoms with E-state index in [-0.39, 0.29) is 0 Å². The number of rotatable bonds is 4. The minimum absolute atomic E-state index is 0.384. The van der Waals surface area contributed by atoms with Gasteiger partial charge in [0.15, 0.2) is 0 Å². The summed E-state index contributed by atoms with van der Waals surface area (Å²) in [5.74, 6) is 1.17. The Labute approximate surface area is 89.0 Å². The van der Waals surface area contributed by atoms with Crippen molar-refractivity contribution in [2.45, 2.75) is 6.61 Å². The Morgan fingerprint density at radius 3 is 2.40 bits per heavy atom. The average molecular weight is 207 g/mol. The number of hydrogen-bond acceptors (Lipinski definition) is 4. The van der Waals surface area contributed by atoms with Crippen LogP contribution in [0, 0.1) is 11.3 Å². The van der Waals surface area contributed by atoms with Gasteiger partial charge in [0.1, 0.15) is 17.6 Å². The number of ether oxygens (including phenoxy) is 3. The maximum Gasteiger partial charge on any atom is 0.142 e. The van der Waals surface area contributed by atoms with E-state index in [2.05, 4.69) is 6.07 Å². The number of nitriles is 1. The van der Waals surface area contributed by atoms with E-state index in [0.29, 0.717) is 23.7 Å². The van der Waals surface area contributed by atoms with Crippen molar-refractivity contribution in [2.75, 3.05) is 21.3 Å². The van der Waals surface area contributed by atoms with Crippen molar-refractivity contribution in [3.8, 4) is 17.6 Å². The summed E-state index contributed by atoms with van der Waals surface area (Å²) < 4.78 is 15.3. The van der Waals surface area contributed by atoms with Crippen LogP contribution in [0.2, 0.25) is 0 Å². The van der Waals surface area contributed by atoms with Gasteiger partial charge in [0.05, 0.1) is 26.4 Å². The quantitative estimate of drug-likeness (QED) is 0.754. The summed E-state index contributed by atoms with van der Waals surface area (Å²) in [6.07, 6.45) is 0. The monoisotopic (exact) mass is 207 g/mol. The van der Waals surface area contributed by atoms with Gasteiger partial charge in [0.2, 0.25) is 0 Å². The third-order valence-electron chi connectivity index (χ3n) is 2.00. The average Bonchev–Trinajstić information content (AvgIpc) is 2.28. The fourth-order valence-corrected chi connectivity index (χ4v) is 1.36. The highest BCUT2D eigenvalue weighted by atomic mass is 16.5. The van der Waals surface area contributed by atoms with Gasteiger partial charge in [-0.05, 0) is 6.07 Å². The molecule has 0 radical (unpaired) electrons. The van der Waals surface area contributed by atoms with Gasteiger partial charge in [0.25, 0.3) is 0 Å². The van der Waals surface area contributed by atoms with Crippen LogP contribution in [0.25, 0.3) is 0 Å². The first-order valence-corrected chi connectivity index (χ1v) is 4.40. The fraction of sp³-hybridized carbons (Fsp3) is 0.364. The van der Waals surface area contributed by atoms with E-state index >= 15 is 0 Å². The highest BCUT2D eigenvalue weighted by molar-refractivity contribution is 5.52. The Morgan fingerprint density at radius 1 is 1.20 bits per heavy atom. The van der Waals surface area contributed by atoms with Crippen molar-refractivity contribution in [1.29, 1.82) is 5.26 Å². The molecular weight excluding hydrogens is 194 g/mol. The molecule has 1 rings (SSSR count). The lowest BCUT2D eigenvalue weighted by molar-refractivity contribution is 0.181. The molecule has 0 atom stereocenters. The standard InChI is InChI=1S/C11H13NO3/c1-13-7-9-5-10(14-2)4-8(6-12)11(9)15-3/h4-5H,7H2,1-3H3. The zero-order valence-corrected chi connectivity index (χ0v) is 9.03. The van der Waals surface area contributed by atoms with E-state index < -0.39 is 0 Å². The number of nitrogens with zero attached hydrogens (tertiary/aromatic N) is 1. The van der Waals surface area contributed by atoms with Gasteiger partial charge in [-0.1, -0.05) is 0 Å². The van der Waals surface area contributed by atoms with Crippen LogP contribution in [0.4, 0.5) is 0 Å². The molecule has 1 aromatic rings. The molecule has 0 N–H and O–H groups in total. The molecule has 0 saturated carbocycles. The van der Waals surface area contributed by atoms with Crippen LogP contribution in [0.3, 0.4) is 0 Å². The minimum atomic E-state index is 0.384. The molecule has 80 valence electrons. The van der Waals surface area contributed by atoms with E-state index in [0.717, 1.165) is 5.56 Å². The zero-order chi connectivity index (χ0) is 11.3. The molecule has 0 spiro atoms. The third-order valence-corrected chi connectivity index (χ3v) is 2.00. The van der Waals surface area contributed by atoms with Crippen LogP contribution in [0.1, 0.15) is 11.1 Å². The summed E-state index contributed by atoms with van der Waals surface area (Å²) in [7, 11) is 4.67.